The Morgan fingerprint density at radius 3 is 1.65 bits per heavy atom. The molecule has 1 atom stereocenters. The van der Waals surface area contributed by atoms with Gasteiger partial charge in [-0.3, -0.25) is 0 Å². The summed E-state index contributed by atoms with van der Waals surface area (Å²) in [5, 5.41) is 3.92. The van der Waals surface area contributed by atoms with E-state index in [4.69, 9.17) is 0 Å². The molecule has 0 amide bonds. The van der Waals surface area contributed by atoms with Crippen molar-refractivity contribution in [1.82, 2.24) is 5.20 Å². The van der Waals surface area contributed by atoms with Gasteiger partial charge in [-0.15, -0.1) is 0 Å². The summed E-state index contributed by atoms with van der Waals surface area (Å²) in [6, 6.07) is 18.5. The van der Waals surface area contributed by atoms with Crippen molar-refractivity contribution < 1.29 is 9.46 Å². The van der Waals surface area contributed by atoms with E-state index < -0.39 is 8.18 Å². The molecule has 2 rings (SSSR count). The first-order valence-corrected chi connectivity index (χ1v) is 6.26. The molecule has 4 nitrogen and oxygen atoms in total. The number of hydrogen-bond donors (Lipinski definition) is 1. The number of rotatable bonds is 4. The highest BCUT2D eigenvalue weighted by Gasteiger charge is 2.13. The van der Waals surface area contributed by atoms with Crippen LogP contribution in [0.3, 0.4) is 0 Å². The molecule has 0 aliphatic carbocycles. The highest BCUT2D eigenvalue weighted by molar-refractivity contribution is 7.34. The second-order valence-electron chi connectivity index (χ2n) is 3.36. The van der Waals surface area contributed by atoms with Gasteiger partial charge in [-0.2, -0.15) is 0 Å². The van der Waals surface area contributed by atoms with Gasteiger partial charge in [0, 0.05) is 0 Å². The molecule has 17 heavy (non-hydrogen) atoms. The molecular formula is C12H11N2O2P. The zero-order valence-corrected chi connectivity index (χ0v) is 9.88. The Balaban J connectivity index is 2.36. The van der Waals surface area contributed by atoms with Crippen LogP contribution in [0.15, 0.2) is 60.7 Å². The van der Waals surface area contributed by atoms with Crippen molar-refractivity contribution in [2.75, 3.05) is 5.01 Å². The van der Waals surface area contributed by atoms with Crippen molar-refractivity contribution in [3.63, 3.8) is 0 Å². The van der Waals surface area contributed by atoms with Gasteiger partial charge in [0.2, 0.25) is 0 Å². The van der Waals surface area contributed by atoms with Crippen molar-refractivity contribution in [2.45, 2.75) is 0 Å². The lowest BCUT2D eigenvalue weighted by Gasteiger charge is -2.20. The van der Waals surface area contributed by atoms with Crippen LogP contribution in [0.5, 0.6) is 0 Å². The van der Waals surface area contributed by atoms with E-state index in [-0.39, 0.29) is 0 Å². The summed E-state index contributed by atoms with van der Waals surface area (Å²) in [6.45, 7) is 0. The lowest BCUT2D eigenvalue weighted by atomic mass is 10.2. The average molecular weight is 246 g/mol. The monoisotopic (exact) mass is 246 g/mol. The third kappa shape index (κ3) is 3.11. The molecule has 0 bridgehead atoms. The van der Waals surface area contributed by atoms with Crippen LogP contribution >= 0.6 is 8.18 Å². The predicted molar refractivity (Wildman–Crippen MR) is 65.8 cm³/mol. The summed E-state index contributed by atoms with van der Waals surface area (Å²) in [5.41, 5.74) is 1.52. The summed E-state index contributed by atoms with van der Waals surface area (Å²) in [7, 11) is -2.71. The smallest absolute Gasteiger partial charge is 0.428 e. The van der Waals surface area contributed by atoms with Crippen LogP contribution in [0.2, 0.25) is 0 Å². The molecule has 1 N–H and O–H groups in total. The summed E-state index contributed by atoms with van der Waals surface area (Å²) in [4.78, 5) is 10.8. The maximum Gasteiger partial charge on any atom is 0.428 e. The zero-order valence-electron chi connectivity index (χ0n) is 8.98. The third-order valence-corrected chi connectivity index (χ3v) is 2.57. The van der Waals surface area contributed by atoms with E-state index in [2.05, 4.69) is 5.20 Å². The second kappa shape index (κ2) is 5.55. The predicted octanol–water partition coefficient (Wildman–Crippen LogP) is 2.35. The Hall–Kier alpha value is -1.74. The molecule has 0 aromatic heterocycles. The Kier molecular flexibility index (Phi) is 3.83. The highest BCUT2D eigenvalue weighted by Crippen LogP contribution is 2.24. The molecule has 0 heterocycles. The Labute approximate surface area is 100 Å². The van der Waals surface area contributed by atoms with E-state index in [9.17, 15) is 9.46 Å². The molecule has 2 aromatic carbocycles. The van der Waals surface area contributed by atoms with Gasteiger partial charge in [0.25, 0.3) is 0 Å². The van der Waals surface area contributed by atoms with Crippen LogP contribution in [0.4, 0.5) is 11.4 Å². The minimum Gasteiger partial charge on any atom is -0.577 e. The number of nitrogens with zero attached hydrogens (tertiary/aromatic N) is 1. The summed E-state index contributed by atoms with van der Waals surface area (Å²) in [5.74, 6) is 0. The molecule has 0 fully saturated rings. The van der Waals surface area contributed by atoms with Gasteiger partial charge < -0.3 is 4.89 Å². The number of para-hydroxylation sites is 2. The van der Waals surface area contributed by atoms with Crippen molar-refractivity contribution in [2.24, 2.45) is 0 Å². The topological polar surface area (TPSA) is 55.4 Å². The van der Waals surface area contributed by atoms with Gasteiger partial charge in [-0.25, -0.2) is 5.01 Å². The minimum absolute atomic E-state index is 0.762. The largest absolute Gasteiger partial charge is 0.577 e. The van der Waals surface area contributed by atoms with Crippen molar-refractivity contribution in [1.29, 1.82) is 0 Å². The SMILES string of the molecule is O=[P+]([O-])NN(c1ccccc1)c1ccccc1. The zero-order chi connectivity index (χ0) is 12.1. The van der Waals surface area contributed by atoms with Crippen molar-refractivity contribution in [3.05, 3.63) is 60.7 Å². The molecule has 0 radical (unpaired) electrons. The van der Waals surface area contributed by atoms with Crippen LogP contribution in [0, 0.1) is 0 Å². The fraction of sp³-hybridized carbons (Fsp3) is 0. The molecule has 0 aliphatic heterocycles. The van der Waals surface area contributed by atoms with E-state index in [1.807, 2.05) is 60.7 Å². The van der Waals surface area contributed by atoms with E-state index in [0.29, 0.717) is 0 Å². The molecule has 2 aromatic rings. The number of anilines is 2. The quantitative estimate of drug-likeness (QED) is 0.664. The Bertz CT molecular complexity index is 451. The molecule has 0 saturated carbocycles. The summed E-state index contributed by atoms with van der Waals surface area (Å²) in [6.07, 6.45) is 0. The fourth-order valence-corrected chi connectivity index (χ4v) is 1.89. The van der Waals surface area contributed by atoms with Gasteiger partial charge in [-0.05, 0) is 29.5 Å². The molecule has 0 saturated heterocycles. The van der Waals surface area contributed by atoms with Crippen molar-refractivity contribution in [3.8, 4) is 0 Å². The van der Waals surface area contributed by atoms with Crippen LogP contribution in [0.1, 0.15) is 0 Å². The minimum atomic E-state index is -2.71. The number of hydrogen-bond acceptors (Lipinski definition) is 3. The van der Waals surface area contributed by atoms with Gasteiger partial charge in [0.1, 0.15) is 0 Å². The lowest BCUT2D eigenvalue weighted by Crippen LogP contribution is -2.30. The molecule has 86 valence electrons. The first kappa shape index (κ1) is 11.7. The highest BCUT2D eigenvalue weighted by atomic mass is 31.1. The van der Waals surface area contributed by atoms with E-state index in [1.54, 1.807) is 0 Å². The van der Waals surface area contributed by atoms with Gasteiger partial charge in [0.05, 0.1) is 11.4 Å². The maximum atomic E-state index is 10.8. The van der Waals surface area contributed by atoms with Crippen LogP contribution < -0.4 is 15.1 Å². The lowest BCUT2D eigenvalue weighted by molar-refractivity contribution is -0.167. The Morgan fingerprint density at radius 2 is 1.29 bits per heavy atom. The van der Waals surface area contributed by atoms with Crippen LogP contribution in [0.25, 0.3) is 0 Å². The standard InChI is InChI=1S/C12H11N2O2P/c15-17(16)13-14(11-7-3-1-4-8-11)12-9-5-2-6-10-12/h1-10H,(H,13,15,16). The van der Waals surface area contributed by atoms with Crippen LogP contribution in [-0.2, 0) is 4.57 Å². The maximum absolute atomic E-state index is 10.8. The molecular weight excluding hydrogens is 235 g/mol. The third-order valence-electron chi connectivity index (χ3n) is 2.21. The first-order chi connectivity index (χ1) is 8.27. The van der Waals surface area contributed by atoms with Gasteiger partial charge in [0.15, 0.2) is 0 Å². The number of hydrazine groups is 1. The summed E-state index contributed by atoms with van der Waals surface area (Å²) >= 11 is 0. The second-order valence-corrected chi connectivity index (χ2v) is 4.08. The van der Waals surface area contributed by atoms with Crippen LogP contribution in [-0.4, -0.2) is 0 Å². The summed E-state index contributed by atoms with van der Waals surface area (Å²) < 4.78 is 10.8. The normalized spacial score (nSPS) is 11.0. The Morgan fingerprint density at radius 1 is 0.882 bits per heavy atom. The number of benzene rings is 2. The first-order valence-electron chi connectivity index (χ1n) is 5.08. The number of nitrogens with one attached hydrogen (secondary N) is 1. The van der Waals surface area contributed by atoms with E-state index in [0.717, 1.165) is 11.4 Å². The molecule has 0 spiro atoms. The van der Waals surface area contributed by atoms with Gasteiger partial charge >= 0.3 is 8.18 Å². The molecule has 1 unspecified atom stereocenters. The fourth-order valence-electron chi connectivity index (χ4n) is 1.50. The van der Waals surface area contributed by atoms with E-state index in [1.165, 1.54) is 5.01 Å². The average Bonchev–Trinajstić information content (AvgIpc) is 2.38. The molecule has 5 heteroatoms. The molecule has 0 aliphatic rings. The van der Waals surface area contributed by atoms with E-state index >= 15 is 0 Å². The van der Waals surface area contributed by atoms with Gasteiger partial charge in [-0.1, -0.05) is 41.0 Å². The van der Waals surface area contributed by atoms with Crippen molar-refractivity contribution >= 4 is 19.6 Å².